The third-order valence-corrected chi connectivity index (χ3v) is 2.58. The zero-order chi connectivity index (χ0) is 10.5. The highest BCUT2D eigenvalue weighted by atomic mass is 35.5. The molecule has 1 aliphatic rings. The number of anilines is 1. The van der Waals surface area contributed by atoms with Crippen LogP contribution < -0.4 is 10.6 Å². The number of pyridine rings is 1. The molecule has 2 rings (SSSR count). The lowest BCUT2D eigenvalue weighted by molar-refractivity contribution is 0.0806. The van der Waals surface area contributed by atoms with Crippen molar-refractivity contribution in [3.05, 3.63) is 23.4 Å². The van der Waals surface area contributed by atoms with E-state index in [9.17, 15) is 0 Å². The Labute approximate surface area is 94.0 Å². The Kier molecular flexibility index (Phi) is 3.77. The molecule has 15 heavy (non-hydrogen) atoms. The molecule has 0 bridgehead atoms. The lowest BCUT2D eigenvalue weighted by Gasteiger charge is -2.24. The van der Waals surface area contributed by atoms with E-state index in [1.54, 1.807) is 6.20 Å². The summed E-state index contributed by atoms with van der Waals surface area (Å²) in [7, 11) is 0. The number of hydrogen-bond donors (Lipinski definition) is 2. The summed E-state index contributed by atoms with van der Waals surface area (Å²) >= 11 is 5.97. The third-order valence-electron chi connectivity index (χ3n) is 2.27. The number of halogens is 1. The molecule has 2 heterocycles. The zero-order valence-electron chi connectivity index (χ0n) is 8.37. The van der Waals surface area contributed by atoms with Gasteiger partial charge in [0.15, 0.2) is 0 Å². The second-order valence-corrected chi connectivity index (χ2v) is 3.85. The lowest BCUT2D eigenvalue weighted by Crippen LogP contribution is -2.45. The molecule has 1 saturated heterocycles. The minimum absolute atomic E-state index is 0.330. The Bertz CT molecular complexity index is 315. The van der Waals surface area contributed by atoms with Crippen molar-refractivity contribution >= 4 is 17.4 Å². The van der Waals surface area contributed by atoms with Crippen molar-refractivity contribution in [3.63, 3.8) is 0 Å². The molecule has 0 amide bonds. The number of morpholine rings is 1. The molecule has 1 aromatic heterocycles. The summed E-state index contributed by atoms with van der Waals surface area (Å²) in [4.78, 5) is 4.15. The molecule has 0 aromatic carbocycles. The average Bonchev–Trinajstić information content (AvgIpc) is 2.29. The fraction of sp³-hybridized carbons (Fsp3) is 0.500. The van der Waals surface area contributed by atoms with E-state index in [0.29, 0.717) is 11.1 Å². The fourth-order valence-corrected chi connectivity index (χ4v) is 1.67. The molecule has 0 aliphatic carbocycles. The molecule has 1 aromatic rings. The monoisotopic (exact) mass is 227 g/mol. The number of nitrogens with zero attached hydrogens (tertiary/aromatic N) is 1. The van der Waals surface area contributed by atoms with E-state index in [0.717, 1.165) is 32.1 Å². The summed E-state index contributed by atoms with van der Waals surface area (Å²) in [6, 6.07) is 3.97. The first-order valence-electron chi connectivity index (χ1n) is 5.02. The summed E-state index contributed by atoms with van der Waals surface area (Å²) in [5, 5.41) is 7.19. The standard InChI is InChI=1S/C10H14ClN3O/c11-9-2-1-3-13-10(9)14-6-8-7-15-5-4-12-8/h1-3,8,12H,4-7H2,(H,13,14). The van der Waals surface area contributed by atoms with Gasteiger partial charge in [-0.25, -0.2) is 4.98 Å². The van der Waals surface area contributed by atoms with Crippen LogP contribution in [0.15, 0.2) is 18.3 Å². The van der Waals surface area contributed by atoms with E-state index in [1.165, 1.54) is 0 Å². The molecule has 4 nitrogen and oxygen atoms in total. The van der Waals surface area contributed by atoms with Crippen LogP contribution in [-0.4, -0.2) is 37.3 Å². The van der Waals surface area contributed by atoms with Gasteiger partial charge in [-0.05, 0) is 12.1 Å². The van der Waals surface area contributed by atoms with Crippen molar-refractivity contribution in [2.45, 2.75) is 6.04 Å². The van der Waals surface area contributed by atoms with E-state index in [4.69, 9.17) is 16.3 Å². The molecule has 1 unspecified atom stereocenters. The number of nitrogens with one attached hydrogen (secondary N) is 2. The molecule has 0 spiro atoms. The minimum atomic E-state index is 0.330. The van der Waals surface area contributed by atoms with E-state index in [-0.39, 0.29) is 0 Å². The van der Waals surface area contributed by atoms with Gasteiger partial charge in [0.05, 0.1) is 18.2 Å². The molecule has 0 radical (unpaired) electrons. The SMILES string of the molecule is Clc1cccnc1NCC1COCCN1. The predicted octanol–water partition coefficient (Wildman–Crippen LogP) is 1.14. The number of aromatic nitrogens is 1. The van der Waals surface area contributed by atoms with Crippen LogP contribution in [0, 0.1) is 0 Å². The largest absolute Gasteiger partial charge is 0.378 e. The van der Waals surface area contributed by atoms with Crippen molar-refractivity contribution < 1.29 is 4.74 Å². The first-order valence-corrected chi connectivity index (χ1v) is 5.39. The quantitative estimate of drug-likeness (QED) is 0.813. The van der Waals surface area contributed by atoms with Crippen molar-refractivity contribution in [2.75, 3.05) is 31.6 Å². The molecule has 82 valence electrons. The molecule has 1 aliphatic heterocycles. The number of ether oxygens (including phenoxy) is 1. The Morgan fingerprint density at radius 3 is 3.33 bits per heavy atom. The van der Waals surface area contributed by atoms with Gasteiger partial charge in [0.1, 0.15) is 5.82 Å². The van der Waals surface area contributed by atoms with Gasteiger partial charge in [-0.2, -0.15) is 0 Å². The van der Waals surface area contributed by atoms with Crippen LogP contribution in [0.2, 0.25) is 5.02 Å². The van der Waals surface area contributed by atoms with Crippen LogP contribution >= 0.6 is 11.6 Å². The lowest BCUT2D eigenvalue weighted by atomic mass is 10.3. The summed E-state index contributed by atoms with van der Waals surface area (Å²) in [5.74, 6) is 0.728. The maximum absolute atomic E-state index is 5.97. The predicted molar refractivity (Wildman–Crippen MR) is 60.3 cm³/mol. The zero-order valence-corrected chi connectivity index (χ0v) is 9.13. The van der Waals surface area contributed by atoms with Crippen LogP contribution in [0.3, 0.4) is 0 Å². The van der Waals surface area contributed by atoms with Gasteiger partial charge >= 0.3 is 0 Å². The average molecular weight is 228 g/mol. The third kappa shape index (κ3) is 3.06. The number of hydrogen-bond acceptors (Lipinski definition) is 4. The Balaban J connectivity index is 1.84. The summed E-state index contributed by atoms with van der Waals surface area (Å²) in [6.07, 6.45) is 1.72. The van der Waals surface area contributed by atoms with E-state index in [2.05, 4.69) is 15.6 Å². The van der Waals surface area contributed by atoms with Gasteiger partial charge in [0, 0.05) is 25.3 Å². The van der Waals surface area contributed by atoms with Crippen LogP contribution in [0.1, 0.15) is 0 Å². The molecule has 1 fully saturated rings. The van der Waals surface area contributed by atoms with E-state index < -0.39 is 0 Å². The topological polar surface area (TPSA) is 46.2 Å². The van der Waals surface area contributed by atoms with E-state index in [1.807, 2.05) is 12.1 Å². The fourth-order valence-electron chi connectivity index (χ4n) is 1.49. The Hall–Kier alpha value is -0.840. The minimum Gasteiger partial charge on any atom is -0.378 e. The van der Waals surface area contributed by atoms with Gasteiger partial charge < -0.3 is 15.4 Å². The molecule has 1 atom stereocenters. The van der Waals surface area contributed by atoms with Gasteiger partial charge in [-0.1, -0.05) is 11.6 Å². The highest BCUT2D eigenvalue weighted by Gasteiger charge is 2.12. The molecule has 0 saturated carbocycles. The van der Waals surface area contributed by atoms with Crippen molar-refractivity contribution in [1.82, 2.24) is 10.3 Å². The molecule has 5 heteroatoms. The summed E-state index contributed by atoms with van der Waals surface area (Å²) in [6.45, 7) is 3.21. The second kappa shape index (κ2) is 5.30. The van der Waals surface area contributed by atoms with Gasteiger partial charge in [-0.15, -0.1) is 0 Å². The van der Waals surface area contributed by atoms with Crippen molar-refractivity contribution in [2.24, 2.45) is 0 Å². The first-order chi connectivity index (χ1) is 7.36. The van der Waals surface area contributed by atoms with Gasteiger partial charge in [0.2, 0.25) is 0 Å². The molecular weight excluding hydrogens is 214 g/mol. The second-order valence-electron chi connectivity index (χ2n) is 3.44. The van der Waals surface area contributed by atoms with Crippen LogP contribution in [-0.2, 0) is 4.74 Å². The number of rotatable bonds is 3. The maximum atomic E-state index is 5.97. The van der Waals surface area contributed by atoms with Crippen LogP contribution in [0.5, 0.6) is 0 Å². The Morgan fingerprint density at radius 2 is 2.60 bits per heavy atom. The highest BCUT2D eigenvalue weighted by Crippen LogP contribution is 2.17. The van der Waals surface area contributed by atoms with Crippen molar-refractivity contribution in [1.29, 1.82) is 0 Å². The summed E-state index contributed by atoms with van der Waals surface area (Å²) in [5.41, 5.74) is 0. The summed E-state index contributed by atoms with van der Waals surface area (Å²) < 4.78 is 5.34. The Morgan fingerprint density at radius 1 is 1.67 bits per heavy atom. The van der Waals surface area contributed by atoms with Crippen LogP contribution in [0.25, 0.3) is 0 Å². The van der Waals surface area contributed by atoms with Gasteiger partial charge in [-0.3, -0.25) is 0 Å². The normalized spacial score (nSPS) is 21.3. The molecular formula is C10H14ClN3O. The highest BCUT2D eigenvalue weighted by molar-refractivity contribution is 6.32. The van der Waals surface area contributed by atoms with Crippen LogP contribution in [0.4, 0.5) is 5.82 Å². The van der Waals surface area contributed by atoms with Gasteiger partial charge in [0.25, 0.3) is 0 Å². The smallest absolute Gasteiger partial charge is 0.144 e. The van der Waals surface area contributed by atoms with E-state index >= 15 is 0 Å². The maximum Gasteiger partial charge on any atom is 0.144 e. The first kappa shape index (κ1) is 10.7. The van der Waals surface area contributed by atoms with Crippen molar-refractivity contribution in [3.8, 4) is 0 Å². The molecule has 2 N–H and O–H groups in total.